The average Bonchev–Trinajstić information content (AvgIpc) is 2.66. The number of hydrogen-bond donors (Lipinski definition) is 2. The molecular formula is C19H20BrCl2N3OS. The molecule has 1 aliphatic rings. The molecule has 2 N–H and O–H groups in total. The van der Waals surface area contributed by atoms with Crippen LogP contribution >= 0.6 is 51.3 Å². The third kappa shape index (κ3) is 5.12. The minimum Gasteiger partial charge on any atom is -0.381 e. The lowest BCUT2D eigenvalue weighted by Crippen LogP contribution is -2.45. The number of aromatic nitrogens is 1. The Morgan fingerprint density at radius 1 is 1.26 bits per heavy atom. The van der Waals surface area contributed by atoms with Gasteiger partial charge in [-0.2, -0.15) is 0 Å². The minimum atomic E-state index is -0.0541. The number of pyridine rings is 1. The smallest absolute Gasteiger partial charge is 0.172 e. The molecule has 0 aliphatic carbocycles. The van der Waals surface area contributed by atoms with E-state index < -0.39 is 0 Å². The third-order valence-electron chi connectivity index (χ3n) is 4.83. The summed E-state index contributed by atoms with van der Waals surface area (Å²) in [5.74, 6) is 0.544. The zero-order chi connectivity index (χ0) is 19.4. The van der Waals surface area contributed by atoms with Gasteiger partial charge in [0.15, 0.2) is 10.9 Å². The average molecular weight is 489 g/mol. The molecule has 2 heterocycles. The van der Waals surface area contributed by atoms with Crippen molar-refractivity contribution in [1.82, 2.24) is 10.3 Å². The molecule has 1 aliphatic heterocycles. The first-order valence-electron chi connectivity index (χ1n) is 8.61. The fourth-order valence-corrected chi connectivity index (χ4v) is 4.12. The summed E-state index contributed by atoms with van der Waals surface area (Å²) in [4.78, 5) is 4.44. The number of aryl methyl sites for hydroxylation is 1. The van der Waals surface area contributed by atoms with Crippen molar-refractivity contribution in [2.45, 2.75) is 25.2 Å². The van der Waals surface area contributed by atoms with E-state index in [2.05, 4.69) is 43.7 Å². The zero-order valence-electron chi connectivity index (χ0n) is 14.8. The lowest BCUT2D eigenvalue weighted by atomic mass is 9.74. The highest BCUT2D eigenvalue weighted by atomic mass is 79.9. The van der Waals surface area contributed by atoms with Crippen LogP contribution in [0.2, 0.25) is 10.0 Å². The molecule has 2 aromatic rings. The first-order valence-corrected chi connectivity index (χ1v) is 10.6. The number of thiocarbonyl (C=S) groups is 1. The van der Waals surface area contributed by atoms with E-state index >= 15 is 0 Å². The predicted octanol–water partition coefficient (Wildman–Crippen LogP) is 5.49. The Balaban J connectivity index is 1.71. The lowest BCUT2D eigenvalue weighted by molar-refractivity contribution is 0.0515. The Hall–Kier alpha value is -0.920. The number of halogens is 3. The van der Waals surface area contributed by atoms with Crippen LogP contribution in [0.5, 0.6) is 0 Å². The van der Waals surface area contributed by atoms with Crippen molar-refractivity contribution >= 4 is 62.3 Å². The van der Waals surface area contributed by atoms with Crippen LogP contribution in [0.15, 0.2) is 34.8 Å². The molecule has 144 valence electrons. The van der Waals surface area contributed by atoms with Crippen molar-refractivity contribution in [3.63, 3.8) is 0 Å². The van der Waals surface area contributed by atoms with Gasteiger partial charge in [0.05, 0.1) is 10.7 Å². The molecule has 0 bridgehead atoms. The molecular weight excluding hydrogens is 469 g/mol. The molecule has 8 heteroatoms. The summed E-state index contributed by atoms with van der Waals surface area (Å²) >= 11 is 21.2. The molecule has 0 spiro atoms. The Bertz CT molecular complexity index is 826. The van der Waals surface area contributed by atoms with E-state index in [1.807, 2.05) is 25.1 Å². The standard InChI is InChI=1S/C19H20BrCl2N3OS/c1-12-15(20)10-16(22)17(24-12)25-18(27)23-11-19(6-8-26-9-7-19)13-2-4-14(21)5-3-13/h2-5,10H,6-9,11H2,1H3,(H2,23,24,25,27). The summed E-state index contributed by atoms with van der Waals surface area (Å²) in [5.41, 5.74) is 2.02. The van der Waals surface area contributed by atoms with Gasteiger partial charge in [-0.25, -0.2) is 4.98 Å². The predicted molar refractivity (Wildman–Crippen MR) is 119 cm³/mol. The van der Waals surface area contributed by atoms with Gasteiger partial charge >= 0.3 is 0 Å². The van der Waals surface area contributed by atoms with Gasteiger partial charge in [0.2, 0.25) is 0 Å². The maximum atomic E-state index is 6.26. The van der Waals surface area contributed by atoms with Crippen LogP contribution in [-0.2, 0) is 10.2 Å². The summed E-state index contributed by atoms with van der Waals surface area (Å²) in [7, 11) is 0. The van der Waals surface area contributed by atoms with Crippen molar-refractivity contribution < 1.29 is 4.74 Å². The van der Waals surface area contributed by atoms with E-state index in [0.29, 0.717) is 22.5 Å². The van der Waals surface area contributed by atoms with Gasteiger partial charge in [-0.3, -0.25) is 0 Å². The molecule has 0 amide bonds. The molecule has 1 saturated heterocycles. The second-order valence-electron chi connectivity index (χ2n) is 6.59. The van der Waals surface area contributed by atoms with E-state index in [0.717, 1.165) is 41.2 Å². The first kappa shape index (κ1) is 20.8. The SMILES string of the molecule is Cc1nc(NC(=S)NCC2(c3ccc(Cl)cc3)CCOCC2)c(Cl)cc1Br. The van der Waals surface area contributed by atoms with Gasteiger partial charge in [0.25, 0.3) is 0 Å². The number of ether oxygens (including phenoxy) is 1. The fourth-order valence-electron chi connectivity index (χ4n) is 3.18. The van der Waals surface area contributed by atoms with Crippen LogP contribution in [0.3, 0.4) is 0 Å². The highest BCUT2D eigenvalue weighted by molar-refractivity contribution is 9.10. The number of nitrogens with zero attached hydrogens (tertiary/aromatic N) is 1. The van der Waals surface area contributed by atoms with Crippen LogP contribution in [0.1, 0.15) is 24.1 Å². The third-order valence-corrected chi connectivity index (χ3v) is 6.42. The molecule has 0 radical (unpaired) electrons. The second kappa shape index (κ2) is 9.05. The van der Waals surface area contributed by atoms with Crippen LogP contribution < -0.4 is 10.6 Å². The van der Waals surface area contributed by atoms with Crippen LogP contribution in [0, 0.1) is 6.92 Å². The minimum absolute atomic E-state index is 0.0541. The molecule has 0 unspecified atom stereocenters. The molecule has 1 aromatic heterocycles. The Morgan fingerprint density at radius 3 is 2.59 bits per heavy atom. The van der Waals surface area contributed by atoms with Crippen LogP contribution in [0.25, 0.3) is 0 Å². The van der Waals surface area contributed by atoms with Gasteiger partial charge in [-0.15, -0.1) is 0 Å². The zero-order valence-corrected chi connectivity index (χ0v) is 18.7. The van der Waals surface area contributed by atoms with Crippen molar-refractivity contribution in [1.29, 1.82) is 0 Å². The van der Waals surface area contributed by atoms with Gasteiger partial charge in [0.1, 0.15) is 0 Å². The summed E-state index contributed by atoms with van der Waals surface area (Å²) in [5, 5.41) is 8.17. The van der Waals surface area contributed by atoms with Gasteiger partial charge in [-0.1, -0.05) is 35.3 Å². The monoisotopic (exact) mass is 487 g/mol. The van der Waals surface area contributed by atoms with E-state index in [-0.39, 0.29) is 5.41 Å². The summed E-state index contributed by atoms with van der Waals surface area (Å²) in [6.07, 6.45) is 1.83. The molecule has 1 fully saturated rings. The molecule has 0 atom stereocenters. The first-order chi connectivity index (χ1) is 12.9. The normalized spacial score (nSPS) is 16.0. The van der Waals surface area contributed by atoms with E-state index in [4.69, 9.17) is 40.2 Å². The Morgan fingerprint density at radius 2 is 1.93 bits per heavy atom. The summed E-state index contributed by atoms with van der Waals surface area (Å²) < 4.78 is 6.44. The summed E-state index contributed by atoms with van der Waals surface area (Å²) in [6.45, 7) is 4.05. The largest absolute Gasteiger partial charge is 0.381 e. The highest BCUT2D eigenvalue weighted by Crippen LogP contribution is 2.35. The number of hydrogen-bond acceptors (Lipinski definition) is 3. The topological polar surface area (TPSA) is 46.2 Å². The number of rotatable bonds is 4. The number of nitrogens with one attached hydrogen (secondary N) is 2. The van der Waals surface area contributed by atoms with E-state index in [1.54, 1.807) is 0 Å². The summed E-state index contributed by atoms with van der Waals surface area (Å²) in [6, 6.07) is 9.84. The van der Waals surface area contributed by atoms with Crippen LogP contribution in [0.4, 0.5) is 5.82 Å². The quantitative estimate of drug-likeness (QED) is 0.557. The maximum Gasteiger partial charge on any atom is 0.172 e. The van der Waals surface area contributed by atoms with Crippen molar-refractivity contribution in [3.05, 3.63) is 56.1 Å². The van der Waals surface area contributed by atoms with Gasteiger partial charge in [0, 0.05) is 34.7 Å². The van der Waals surface area contributed by atoms with Crippen LogP contribution in [-0.4, -0.2) is 29.9 Å². The maximum absolute atomic E-state index is 6.26. The number of anilines is 1. The molecule has 27 heavy (non-hydrogen) atoms. The second-order valence-corrected chi connectivity index (χ2v) is 8.70. The molecule has 4 nitrogen and oxygen atoms in total. The van der Waals surface area contributed by atoms with Gasteiger partial charge in [-0.05, 0) is 71.7 Å². The molecule has 1 aromatic carbocycles. The van der Waals surface area contributed by atoms with Crippen molar-refractivity contribution in [2.75, 3.05) is 25.1 Å². The highest BCUT2D eigenvalue weighted by Gasteiger charge is 2.34. The Labute approximate surface area is 183 Å². The number of benzene rings is 1. The van der Waals surface area contributed by atoms with Crippen molar-refractivity contribution in [3.8, 4) is 0 Å². The molecule has 0 saturated carbocycles. The van der Waals surface area contributed by atoms with Gasteiger partial charge < -0.3 is 15.4 Å². The molecule has 3 rings (SSSR count). The van der Waals surface area contributed by atoms with E-state index in [9.17, 15) is 0 Å². The fraction of sp³-hybridized carbons (Fsp3) is 0.368. The van der Waals surface area contributed by atoms with E-state index in [1.165, 1.54) is 5.56 Å². The lowest BCUT2D eigenvalue weighted by Gasteiger charge is -2.38. The van der Waals surface area contributed by atoms with Crippen molar-refractivity contribution in [2.24, 2.45) is 0 Å². The Kier molecular flexibility index (Phi) is 6.98.